The number of ketones is 1. The summed E-state index contributed by atoms with van der Waals surface area (Å²) < 4.78 is 14.0. The van der Waals surface area contributed by atoms with Crippen LogP contribution in [0.4, 0.5) is 10.1 Å². The summed E-state index contributed by atoms with van der Waals surface area (Å²) in [4.78, 5) is 25.3. The highest BCUT2D eigenvalue weighted by Gasteiger charge is 2.10. The lowest BCUT2D eigenvalue weighted by Gasteiger charge is -2.20. The number of carboxylic acids is 1. The van der Waals surface area contributed by atoms with Crippen LogP contribution in [0.5, 0.6) is 0 Å². The van der Waals surface area contributed by atoms with Crippen molar-refractivity contribution in [2.45, 2.75) is 18.7 Å². The molecule has 6 heteroatoms. The maximum atomic E-state index is 14.0. The highest BCUT2D eigenvalue weighted by Crippen LogP contribution is 2.23. The Labute approximate surface area is 162 Å². The molecule has 0 aliphatic rings. The molecular formula is C21H22FNO3S. The molecular weight excluding hydrogens is 365 g/mol. The molecule has 1 N–H and O–H groups in total. The molecule has 4 nitrogen and oxygen atoms in total. The van der Waals surface area contributed by atoms with Gasteiger partial charge < -0.3 is 10.0 Å². The monoisotopic (exact) mass is 387 g/mol. The number of hydrogen-bond donors (Lipinski definition) is 1. The average Bonchev–Trinajstić information content (AvgIpc) is 2.67. The third kappa shape index (κ3) is 5.96. The van der Waals surface area contributed by atoms with Gasteiger partial charge in [-0.25, -0.2) is 4.39 Å². The van der Waals surface area contributed by atoms with Crippen molar-refractivity contribution in [2.24, 2.45) is 0 Å². The molecule has 2 aromatic carbocycles. The Morgan fingerprint density at radius 2 is 1.78 bits per heavy atom. The molecule has 0 aliphatic heterocycles. The van der Waals surface area contributed by atoms with E-state index >= 15 is 0 Å². The molecule has 2 aromatic rings. The SMILES string of the molecule is CCN(CC)c1ccc(/C=C/C(=O)c2ccc(SCC(=O)O)c(F)c2)cc1. The zero-order chi connectivity index (χ0) is 19.8. The van der Waals surface area contributed by atoms with Gasteiger partial charge in [-0.3, -0.25) is 9.59 Å². The minimum absolute atomic E-state index is 0.213. The highest BCUT2D eigenvalue weighted by atomic mass is 32.2. The third-order valence-corrected chi connectivity index (χ3v) is 5.05. The number of hydrogen-bond acceptors (Lipinski definition) is 4. The number of carbonyl (C=O) groups is 2. The van der Waals surface area contributed by atoms with Crippen LogP contribution in [-0.4, -0.2) is 35.7 Å². The molecule has 0 bridgehead atoms. The van der Waals surface area contributed by atoms with Gasteiger partial charge in [-0.2, -0.15) is 0 Å². The van der Waals surface area contributed by atoms with Crippen molar-refractivity contribution in [1.82, 2.24) is 0 Å². The van der Waals surface area contributed by atoms with E-state index in [1.54, 1.807) is 6.08 Å². The normalized spacial score (nSPS) is 10.9. The summed E-state index contributed by atoms with van der Waals surface area (Å²) >= 11 is 0.885. The predicted octanol–water partition coefficient (Wildman–Crippen LogP) is 4.74. The number of aliphatic carboxylic acids is 1. The van der Waals surface area contributed by atoms with Crippen LogP contribution in [0.1, 0.15) is 29.8 Å². The fraction of sp³-hybridized carbons (Fsp3) is 0.238. The summed E-state index contributed by atoms with van der Waals surface area (Å²) in [7, 11) is 0. The molecule has 0 fully saturated rings. The van der Waals surface area contributed by atoms with Crippen LogP contribution in [0.25, 0.3) is 6.08 Å². The molecule has 142 valence electrons. The van der Waals surface area contributed by atoms with Gasteiger partial charge in [0.05, 0.1) is 5.75 Å². The quantitative estimate of drug-likeness (QED) is 0.382. The lowest BCUT2D eigenvalue weighted by atomic mass is 10.1. The maximum Gasteiger partial charge on any atom is 0.313 e. The average molecular weight is 387 g/mol. The second kappa shape index (κ2) is 9.92. The standard InChI is InChI=1S/C21H22FNO3S/c1-3-23(4-2)17-9-5-15(6-10-17)7-11-19(24)16-8-12-20(18(22)13-16)27-14-21(25)26/h5-13H,3-4,14H2,1-2H3,(H,25,26)/b11-7+. The predicted molar refractivity (Wildman–Crippen MR) is 108 cm³/mol. The molecule has 0 aliphatic carbocycles. The first-order valence-electron chi connectivity index (χ1n) is 8.66. The lowest BCUT2D eigenvalue weighted by Crippen LogP contribution is -2.21. The Balaban J connectivity index is 2.05. The van der Waals surface area contributed by atoms with Crippen LogP contribution in [0.3, 0.4) is 0 Å². The molecule has 0 aromatic heterocycles. The summed E-state index contributed by atoms with van der Waals surface area (Å²) in [5, 5.41) is 8.65. The molecule has 0 heterocycles. The first-order valence-corrected chi connectivity index (χ1v) is 9.64. The molecule has 0 atom stereocenters. The van der Waals surface area contributed by atoms with E-state index in [1.807, 2.05) is 24.3 Å². The topological polar surface area (TPSA) is 57.6 Å². The van der Waals surface area contributed by atoms with Crippen LogP contribution in [0.15, 0.2) is 53.4 Å². The summed E-state index contributed by atoms with van der Waals surface area (Å²) in [6.07, 6.45) is 3.10. The first-order chi connectivity index (χ1) is 12.9. The Hall–Kier alpha value is -2.60. The van der Waals surface area contributed by atoms with E-state index in [2.05, 4.69) is 18.7 Å². The van der Waals surface area contributed by atoms with Gasteiger partial charge in [0.1, 0.15) is 5.82 Å². The van der Waals surface area contributed by atoms with Crippen LogP contribution in [0.2, 0.25) is 0 Å². The summed E-state index contributed by atoms with van der Waals surface area (Å²) in [6.45, 7) is 6.05. The van der Waals surface area contributed by atoms with Gasteiger partial charge in [0, 0.05) is 29.2 Å². The zero-order valence-electron chi connectivity index (χ0n) is 15.3. The number of carbonyl (C=O) groups excluding carboxylic acids is 1. The van der Waals surface area contributed by atoms with Crippen LogP contribution >= 0.6 is 11.8 Å². The van der Waals surface area contributed by atoms with Crippen molar-refractivity contribution in [3.63, 3.8) is 0 Å². The molecule has 0 spiro atoms. The molecule has 2 rings (SSSR count). The Bertz CT molecular complexity index is 830. The molecule has 0 unspecified atom stereocenters. The number of nitrogens with zero attached hydrogens (tertiary/aromatic N) is 1. The van der Waals surface area contributed by atoms with Crippen molar-refractivity contribution < 1.29 is 19.1 Å². The Kier molecular flexibility index (Phi) is 7.61. The minimum atomic E-state index is -1.02. The number of rotatable bonds is 9. The van der Waals surface area contributed by atoms with Crippen molar-refractivity contribution in [2.75, 3.05) is 23.7 Å². The van der Waals surface area contributed by atoms with Gasteiger partial charge in [0.25, 0.3) is 0 Å². The van der Waals surface area contributed by atoms with Gasteiger partial charge in [0.2, 0.25) is 0 Å². The van der Waals surface area contributed by atoms with E-state index in [1.165, 1.54) is 18.2 Å². The van der Waals surface area contributed by atoms with E-state index in [0.717, 1.165) is 42.2 Å². The van der Waals surface area contributed by atoms with E-state index in [-0.39, 0.29) is 22.0 Å². The molecule has 0 saturated heterocycles. The van der Waals surface area contributed by atoms with Crippen LogP contribution in [-0.2, 0) is 4.79 Å². The van der Waals surface area contributed by atoms with Gasteiger partial charge in [-0.1, -0.05) is 18.2 Å². The first kappa shape index (κ1) is 20.7. The molecule has 0 amide bonds. The van der Waals surface area contributed by atoms with Crippen molar-refractivity contribution >= 4 is 35.3 Å². The fourth-order valence-corrected chi connectivity index (χ4v) is 3.20. The van der Waals surface area contributed by atoms with E-state index in [4.69, 9.17) is 5.11 Å². The second-order valence-electron chi connectivity index (χ2n) is 5.79. The Morgan fingerprint density at radius 3 is 2.33 bits per heavy atom. The van der Waals surface area contributed by atoms with Crippen molar-refractivity contribution in [1.29, 1.82) is 0 Å². The number of benzene rings is 2. The minimum Gasteiger partial charge on any atom is -0.481 e. The van der Waals surface area contributed by atoms with Crippen LogP contribution in [0, 0.1) is 5.82 Å². The number of thioether (sulfide) groups is 1. The second-order valence-corrected chi connectivity index (χ2v) is 6.81. The van der Waals surface area contributed by atoms with Gasteiger partial charge in [-0.05, 0) is 55.8 Å². The maximum absolute atomic E-state index is 14.0. The number of carboxylic acid groups (broad SMARTS) is 1. The van der Waals surface area contributed by atoms with E-state index in [9.17, 15) is 14.0 Å². The molecule has 27 heavy (non-hydrogen) atoms. The highest BCUT2D eigenvalue weighted by molar-refractivity contribution is 8.00. The largest absolute Gasteiger partial charge is 0.481 e. The number of allylic oxidation sites excluding steroid dienone is 1. The van der Waals surface area contributed by atoms with E-state index < -0.39 is 11.8 Å². The van der Waals surface area contributed by atoms with Gasteiger partial charge in [0.15, 0.2) is 5.78 Å². The zero-order valence-corrected chi connectivity index (χ0v) is 16.1. The van der Waals surface area contributed by atoms with Gasteiger partial charge >= 0.3 is 5.97 Å². The summed E-state index contributed by atoms with van der Waals surface area (Å²) in [6, 6.07) is 12.0. The smallest absolute Gasteiger partial charge is 0.313 e. The van der Waals surface area contributed by atoms with Crippen molar-refractivity contribution in [3.8, 4) is 0 Å². The Morgan fingerprint density at radius 1 is 1.11 bits per heavy atom. The summed E-state index contributed by atoms with van der Waals surface area (Å²) in [5.74, 6) is -2.15. The molecule has 0 saturated carbocycles. The number of anilines is 1. The lowest BCUT2D eigenvalue weighted by molar-refractivity contribution is -0.133. The van der Waals surface area contributed by atoms with Gasteiger partial charge in [-0.15, -0.1) is 11.8 Å². The summed E-state index contributed by atoms with van der Waals surface area (Å²) in [5.41, 5.74) is 2.23. The van der Waals surface area contributed by atoms with E-state index in [0.29, 0.717) is 0 Å². The third-order valence-electron chi connectivity index (χ3n) is 4.02. The van der Waals surface area contributed by atoms with Crippen LogP contribution < -0.4 is 4.90 Å². The van der Waals surface area contributed by atoms with Crippen molar-refractivity contribution in [3.05, 3.63) is 65.5 Å². The fourth-order valence-electron chi connectivity index (χ4n) is 2.56. The number of halogens is 1. The molecule has 0 radical (unpaired) electrons.